The van der Waals surface area contributed by atoms with Crippen LogP contribution >= 0.6 is 0 Å². The first-order valence-electron chi connectivity index (χ1n) is 13.6. The molecule has 2 N–H and O–H groups in total. The van der Waals surface area contributed by atoms with E-state index in [1.807, 2.05) is 24.3 Å². The summed E-state index contributed by atoms with van der Waals surface area (Å²) in [5.74, 6) is 0.669. The number of hydrogen-bond acceptors (Lipinski definition) is 5. The number of carbonyl (C=O) groups is 2. The molecule has 7 nitrogen and oxygen atoms in total. The van der Waals surface area contributed by atoms with E-state index in [0.717, 1.165) is 46.5 Å². The van der Waals surface area contributed by atoms with Crippen molar-refractivity contribution >= 4 is 39.9 Å². The highest BCUT2D eigenvalue weighted by atomic mass is 16.2. The van der Waals surface area contributed by atoms with Crippen molar-refractivity contribution in [2.75, 3.05) is 22.1 Å². The number of hydrogen-bond donors (Lipinski definition) is 2. The summed E-state index contributed by atoms with van der Waals surface area (Å²) in [6, 6.07) is 18.7. The Kier molecular flexibility index (Phi) is 5.11. The standard InChI is InChI=1S/C32H31N5O2/c1-4-31(3)18-37(27-9-5-8-25(28(27)31)34-19(2)38)17-23-11-10-20-13-21-15-32(16-22(21)14-26(20)35-23)24-7-6-12-33-29(24)36-30(32)39/h5-14H,4,15-18H2,1-3H3,(H,34,38)(H,33,36,39). The van der Waals surface area contributed by atoms with Crippen LogP contribution in [-0.4, -0.2) is 28.3 Å². The molecule has 2 unspecified atom stereocenters. The first kappa shape index (κ1) is 23.8. The Hall–Kier alpha value is -4.26. The zero-order chi connectivity index (χ0) is 26.9. The number of carbonyl (C=O) groups excluding carboxylic acids is 2. The second kappa shape index (κ2) is 8.37. The molecule has 3 aliphatic rings. The molecule has 0 fully saturated rings. The van der Waals surface area contributed by atoms with E-state index in [1.54, 1.807) is 13.1 Å². The maximum Gasteiger partial charge on any atom is 0.237 e. The molecule has 4 aromatic rings. The van der Waals surface area contributed by atoms with E-state index >= 15 is 0 Å². The summed E-state index contributed by atoms with van der Waals surface area (Å²) in [6.45, 7) is 7.59. The summed E-state index contributed by atoms with van der Waals surface area (Å²) < 4.78 is 0. The average Bonchev–Trinajstić information content (AvgIpc) is 3.52. The number of anilines is 3. The third-order valence-electron chi connectivity index (χ3n) is 9.01. The Balaban J connectivity index is 1.21. The Labute approximate surface area is 227 Å². The molecule has 2 aromatic heterocycles. The van der Waals surface area contributed by atoms with Gasteiger partial charge in [-0.1, -0.05) is 32.0 Å². The van der Waals surface area contributed by atoms with Gasteiger partial charge in [-0.3, -0.25) is 14.6 Å². The van der Waals surface area contributed by atoms with Crippen molar-refractivity contribution in [3.63, 3.8) is 0 Å². The number of rotatable bonds is 4. The van der Waals surface area contributed by atoms with Crippen LogP contribution in [0.2, 0.25) is 0 Å². The van der Waals surface area contributed by atoms with E-state index in [0.29, 0.717) is 25.2 Å². The molecule has 39 heavy (non-hydrogen) atoms. The van der Waals surface area contributed by atoms with Gasteiger partial charge >= 0.3 is 0 Å². The van der Waals surface area contributed by atoms with Crippen LogP contribution in [0, 0.1) is 0 Å². The molecular formula is C32H31N5O2. The summed E-state index contributed by atoms with van der Waals surface area (Å²) in [5.41, 5.74) is 7.96. The van der Waals surface area contributed by atoms with Gasteiger partial charge in [0.25, 0.3) is 0 Å². The predicted octanol–water partition coefficient (Wildman–Crippen LogP) is 5.26. The van der Waals surface area contributed by atoms with Crippen LogP contribution < -0.4 is 15.5 Å². The molecule has 2 amide bonds. The van der Waals surface area contributed by atoms with Crippen LogP contribution in [0.25, 0.3) is 10.9 Å². The van der Waals surface area contributed by atoms with Gasteiger partial charge in [0.2, 0.25) is 11.8 Å². The van der Waals surface area contributed by atoms with E-state index in [-0.39, 0.29) is 17.2 Å². The van der Waals surface area contributed by atoms with Gasteiger partial charge in [0.15, 0.2) is 0 Å². The first-order valence-corrected chi connectivity index (χ1v) is 13.6. The third-order valence-corrected chi connectivity index (χ3v) is 9.01. The lowest BCUT2D eigenvalue weighted by Crippen LogP contribution is -2.35. The smallest absolute Gasteiger partial charge is 0.237 e. The highest BCUT2D eigenvalue weighted by Gasteiger charge is 2.51. The Bertz CT molecular complexity index is 1700. The van der Waals surface area contributed by atoms with Gasteiger partial charge in [-0.25, -0.2) is 4.98 Å². The summed E-state index contributed by atoms with van der Waals surface area (Å²) in [5, 5.41) is 7.13. The van der Waals surface area contributed by atoms with Crippen LogP contribution in [0.1, 0.15) is 55.1 Å². The maximum atomic E-state index is 13.1. The van der Waals surface area contributed by atoms with Crippen LogP contribution in [0.5, 0.6) is 0 Å². The second-order valence-electron chi connectivity index (χ2n) is 11.6. The molecule has 4 heterocycles. The van der Waals surface area contributed by atoms with Gasteiger partial charge < -0.3 is 15.5 Å². The van der Waals surface area contributed by atoms with E-state index in [1.165, 1.54) is 16.7 Å². The van der Waals surface area contributed by atoms with Crippen molar-refractivity contribution < 1.29 is 9.59 Å². The third kappa shape index (κ3) is 3.56. The van der Waals surface area contributed by atoms with Crippen molar-refractivity contribution in [1.82, 2.24) is 9.97 Å². The van der Waals surface area contributed by atoms with E-state index in [4.69, 9.17) is 4.98 Å². The van der Waals surface area contributed by atoms with Crippen molar-refractivity contribution in [3.05, 3.63) is 88.7 Å². The number of aromatic nitrogens is 2. The number of benzene rings is 2. The van der Waals surface area contributed by atoms with Crippen LogP contribution in [-0.2, 0) is 39.8 Å². The molecule has 2 aliphatic heterocycles. The van der Waals surface area contributed by atoms with Gasteiger partial charge in [0.1, 0.15) is 5.82 Å². The van der Waals surface area contributed by atoms with Crippen molar-refractivity contribution in [1.29, 1.82) is 0 Å². The Morgan fingerprint density at radius 2 is 1.92 bits per heavy atom. The molecule has 2 aromatic carbocycles. The fourth-order valence-electron chi connectivity index (χ4n) is 6.97. The topological polar surface area (TPSA) is 87.2 Å². The minimum atomic E-state index is -0.582. The van der Waals surface area contributed by atoms with Gasteiger partial charge in [-0.15, -0.1) is 0 Å². The zero-order valence-corrected chi connectivity index (χ0v) is 22.5. The van der Waals surface area contributed by atoms with Gasteiger partial charge in [0.05, 0.1) is 23.2 Å². The Morgan fingerprint density at radius 1 is 1.10 bits per heavy atom. The lowest BCUT2D eigenvalue weighted by molar-refractivity contribution is -0.120. The SMILES string of the molecule is CCC1(C)CN(Cc2ccc3cc4c(cc3n2)CC2(C4)C(=O)Nc3ncccc32)c2cccc(NC(C)=O)c21. The molecule has 0 bridgehead atoms. The van der Waals surface area contributed by atoms with E-state index < -0.39 is 5.41 Å². The number of nitrogens with one attached hydrogen (secondary N) is 2. The molecule has 7 rings (SSSR count). The number of nitrogens with zero attached hydrogens (tertiary/aromatic N) is 3. The van der Waals surface area contributed by atoms with Gasteiger partial charge in [-0.2, -0.15) is 0 Å². The van der Waals surface area contributed by atoms with Crippen LogP contribution in [0.4, 0.5) is 17.2 Å². The summed E-state index contributed by atoms with van der Waals surface area (Å²) in [7, 11) is 0. The molecule has 0 saturated carbocycles. The summed E-state index contributed by atoms with van der Waals surface area (Å²) >= 11 is 0. The van der Waals surface area contributed by atoms with Crippen molar-refractivity contribution in [2.45, 2.75) is 57.4 Å². The largest absolute Gasteiger partial charge is 0.364 e. The predicted molar refractivity (Wildman–Crippen MR) is 153 cm³/mol. The molecule has 0 saturated heterocycles. The second-order valence-corrected chi connectivity index (χ2v) is 11.6. The molecular weight excluding hydrogens is 486 g/mol. The van der Waals surface area contributed by atoms with Crippen molar-refractivity contribution in [2.24, 2.45) is 0 Å². The van der Waals surface area contributed by atoms with E-state index in [9.17, 15) is 9.59 Å². The zero-order valence-electron chi connectivity index (χ0n) is 22.5. The molecule has 1 spiro atoms. The fraction of sp³-hybridized carbons (Fsp3) is 0.312. The molecule has 7 heteroatoms. The maximum absolute atomic E-state index is 13.1. The van der Waals surface area contributed by atoms with E-state index in [2.05, 4.69) is 64.7 Å². The highest BCUT2D eigenvalue weighted by Crippen LogP contribution is 2.48. The molecule has 196 valence electrons. The van der Waals surface area contributed by atoms with Gasteiger partial charge in [0, 0.05) is 53.0 Å². The molecule has 1 aliphatic carbocycles. The minimum absolute atomic E-state index is 0.0374. The quantitative estimate of drug-likeness (QED) is 0.385. The van der Waals surface area contributed by atoms with Crippen molar-refractivity contribution in [3.8, 4) is 0 Å². The lowest BCUT2D eigenvalue weighted by atomic mass is 9.79. The highest BCUT2D eigenvalue weighted by molar-refractivity contribution is 6.06. The lowest BCUT2D eigenvalue weighted by Gasteiger charge is -2.26. The number of fused-ring (bicyclic) bond motifs is 5. The summed E-state index contributed by atoms with van der Waals surface area (Å²) in [4.78, 5) is 36.9. The van der Waals surface area contributed by atoms with Gasteiger partial charge in [-0.05, 0) is 66.8 Å². The Morgan fingerprint density at radius 3 is 2.72 bits per heavy atom. The molecule has 2 atom stereocenters. The summed E-state index contributed by atoms with van der Waals surface area (Å²) in [6.07, 6.45) is 4.04. The minimum Gasteiger partial charge on any atom is -0.364 e. The normalized spacial score (nSPS) is 22.6. The molecule has 0 radical (unpaired) electrons. The van der Waals surface area contributed by atoms with Crippen LogP contribution in [0.15, 0.2) is 60.8 Å². The first-order chi connectivity index (χ1) is 18.8. The number of amides is 2. The van der Waals surface area contributed by atoms with Crippen LogP contribution in [0.3, 0.4) is 0 Å². The number of pyridine rings is 2. The average molecular weight is 518 g/mol. The monoisotopic (exact) mass is 517 g/mol. The fourth-order valence-corrected chi connectivity index (χ4v) is 6.97.